The fourth-order valence-electron chi connectivity index (χ4n) is 3.47. The molecule has 2 aliphatic carbocycles. The summed E-state index contributed by atoms with van der Waals surface area (Å²) in [4.78, 5) is 0. The van der Waals surface area contributed by atoms with Crippen molar-refractivity contribution in [1.82, 2.24) is 0 Å². The van der Waals surface area contributed by atoms with E-state index in [1.165, 1.54) is 0 Å². The molecule has 0 aliphatic heterocycles. The maximum atomic E-state index is 6.52. The number of halogens is 4. The van der Waals surface area contributed by atoms with Gasteiger partial charge in [0, 0.05) is 35.7 Å². The van der Waals surface area contributed by atoms with E-state index in [1.54, 1.807) is 14.2 Å². The van der Waals surface area contributed by atoms with Crippen molar-refractivity contribution in [1.29, 1.82) is 0 Å². The SMILES string of the molecule is COC1(OC)[C@@]2(Br)C[C@H](CO[Si](C)(C)C(C)(C)C)[C@]1(Br)C(Br)=C2Br. The van der Waals surface area contributed by atoms with Crippen LogP contribution in [-0.2, 0) is 13.9 Å². The molecule has 1 fully saturated rings. The number of ether oxygens (including phenoxy) is 2. The lowest BCUT2D eigenvalue weighted by atomic mass is 9.93. The molecule has 0 radical (unpaired) electrons. The molecule has 3 atom stereocenters. The van der Waals surface area contributed by atoms with Crippen LogP contribution in [-0.4, -0.2) is 43.6 Å². The van der Waals surface area contributed by atoms with Gasteiger partial charge >= 0.3 is 0 Å². The standard InChI is InChI=1S/C16H26Br4O3Si/c1-13(2,3)24(6,7)23-9-10-8-14(19)11(17)12(18)15(10,20)16(14,21-4)22-5/h10H,8-9H2,1-7H3/t10-,14-,15+/m1/s1. The summed E-state index contributed by atoms with van der Waals surface area (Å²) in [7, 11) is 1.56. The lowest BCUT2D eigenvalue weighted by Gasteiger charge is -2.43. The second-order valence-corrected chi connectivity index (χ2v) is 17.1. The fraction of sp³-hybridized carbons (Fsp3) is 0.875. The van der Waals surface area contributed by atoms with Crippen LogP contribution < -0.4 is 0 Å². The van der Waals surface area contributed by atoms with Crippen LogP contribution in [0.2, 0.25) is 18.1 Å². The van der Waals surface area contributed by atoms with Gasteiger partial charge in [0.25, 0.3) is 0 Å². The van der Waals surface area contributed by atoms with Crippen molar-refractivity contribution in [2.24, 2.45) is 5.92 Å². The first-order chi connectivity index (χ1) is 10.7. The van der Waals surface area contributed by atoms with Crippen LogP contribution in [0.3, 0.4) is 0 Å². The van der Waals surface area contributed by atoms with Crippen LogP contribution in [0, 0.1) is 5.92 Å². The Hall–Kier alpha value is 1.76. The van der Waals surface area contributed by atoms with Crippen LogP contribution in [0.15, 0.2) is 8.96 Å². The smallest absolute Gasteiger partial charge is 0.208 e. The van der Waals surface area contributed by atoms with Crippen LogP contribution in [0.25, 0.3) is 0 Å². The van der Waals surface area contributed by atoms with Crippen LogP contribution in [0.4, 0.5) is 0 Å². The van der Waals surface area contributed by atoms with Crippen molar-refractivity contribution in [2.75, 3.05) is 20.8 Å². The summed E-state index contributed by atoms with van der Waals surface area (Å²) in [5, 5.41) is 0.184. The number of rotatable bonds is 5. The largest absolute Gasteiger partial charge is 0.416 e. The lowest BCUT2D eigenvalue weighted by Crippen LogP contribution is -2.57. The van der Waals surface area contributed by atoms with E-state index in [0.29, 0.717) is 6.61 Å². The Morgan fingerprint density at radius 3 is 1.96 bits per heavy atom. The van der Waals surface area contributed by atoms with E-state index in [-0.39, 0.29) is 11.0 Å². The van der Waals surface area contributed by atoms with Crippen LogP contribution in [0.1, 0.15) is 27.2 Å². The van der Waals surface area contributed by atoms with Gasteiger partial charge in [0.15, 0.2) is 8.32 Å². The van der Waals surface area contributed by atoms with Crippen molar-refractivity contribution in [3.63, 3.8) is 0 Å². The molecule has 8 heteroatoms. The highest BCUT2D eigenvalue weighted by Gasteiger charge is 2.79. The first-order valence-electron chi connectivity index (χ1n) is 7.93. The van der Waals surface area contributed by atoms with Crippen molar-refractivity contribution in [2.45, 2.75) is 59.8 Å². The molecule has 2 rings (SSSR count). The first kappa shape index (κ1) is 22.1. The molecule has 2 bridgehead atoms. The molecular weight excluding hydrogens is 588 g/mol. The molecule has 3 nitrogen and oxygen atoms in total. The molecule has 1 saturated carbocycles. The summed E-state index contributed by atoms with van der Waals surface area (Å²) >= 11 is 15.4. The van der Waals surface area contributed by atoms with Gasteiger partial charge in [-0.1, -0.05) is 84.5 Å². The molecule has 0 heterocycles. The van der Waals surface area contributed by atoms with Gasteiger partial charge in [-0.3, -0.25) is 0 Å². The summed E-state index contributed by atoms with van der Waals surface area (Å²) in [5.74, 6) is -0.638. The van der Waals surface area contributed by atoms with Crippen molar-refractivity contribution < 1.29 is 13.9 Å². The summed E-state index contributed by atoms with van der Waals surface area (Å²) in [5.41, 5.74) is 0. The van der Waals surface area contributed by atoms with E-state index >= 15 is 0 Å². The zero-order valence-electron chi connectivity index (χ0n) is 15.2. The predicted octanol–water partition coefficient (Wildman–Crippen LogP) is 6.30. The molecule has 0 aromatic heterocycles. The third-order valence-corrected chi connectivity index (χ3v) is 17.0. The molecule has 2 aliphatic rings. The summed E-state index contributed by atoms with van der Waals surface area (Å²) in [6.45, 7) is 12.0. The van der Waals surface area contributed by atoms with Gasteiger partial charge < -0.3 is 13.9 Å². The average Bonchev–Trinajstić information content (AvgIpc) is 2.74. The summed E-state index contributed by atoms with van der Waals surface area (Å²) < 4.78 is 19.5. The molecule has 0 aromatic carbocycles. The van der Waals surface area contributed by atoms with E-state index in [2.05, 4.69) is 97.6 Å². The molecule has 0 N–H and O–H groups in total. The molecule has 140 valence electrons. The molecular formula is C16H26Br4O3Si. The minimum atomic E-state index is -1.82. The minimum absolute atomic E-state index is 0.184. The third-order valence-electron chi connectivity index (χ3n) is 5.98. The van der Waals surface area contributed by atoms with E-state index in [0.717, 1.165) is 15.4 Å². The molecule has 0 amide bonds. The van der Waals surface area contributed by atoms with E-state index in [1.807, 2.05) is 0 Å². The van der Waals surface area contributed by atoms with E-state index < -0.39 is 22.8 Å². The topological polar surface area (TPSA) is 27.7 Å². The fourth-order valence-corrected chi connectivity index (χ4v) is 9.35. The quantitative estimate of drug-likeness (QED) is 0.207. The minimum Gasteiger partial charge on any atom is -0.416 e. The Kier molecular flexibility index (Phi) is 6.13. The van der Waals surface area contributed by atoms with Crippen LogP contribution >= 0.6 is 63.7 Å². The number of fused-ring (bicyclic) bond motifs is 2. The maximum absolute atomic E-state index is 6.52. The zero-order chi connectivity index (χ0) is 18.8. The highest BCUT2D eigenvalue weighted by atomic mass is 79.9. The highest BCUT2D eigenvalue weighted by molar-refractivity contribution is 9.16. The summed E-state index contributed by atoms with van der Waals surface area (Å²) in [6.07, 6.45) is 0.851. The highest BCUT2D eigenvalue weighted by Crippen LogP contribution is 2.73. The average molecular weight is 614 g/mol. The van der Waals surface area contributed by atoms with Gasteiger partial charge in [-0.15, -0.1) is 0 Å². The number of alkyl halides is 2. The molecule has 0 aromatic rings. The molecule has 0 saturated heterocycles. The lowest BCUT2D eigenvalue weighted by molar-refractivity contribution is -0.213. The molecule has 24 heavy (non-hydrogen) atoms. The Morgan fingerprint density at radius 1 is 1.08 bits per heavy atom. The number of hydrogen-bond donors (Lipinski definition) is 0. The molecule has 0 unspecified atom stereocenters. The van der Waals surface area contributed by atoms with Gasteiger partial charge in [-0.2, -0.15) is 0 Å². The van der Waals surface area contributed by atoms with Crippen LogP contribution in [0.5, 0.6) is 0 Å². The predicted molar refractivity (Wildman–Crippen MR) is 116 cm³/mol. The number of methoxy groups -OCH3 is 2. The monoisotopic (exact) mass is 610 g/mol. The molecule has 0 spiro atoms. The van der Waals surface area contributed by atoms with Crippen molar-refractivity contribution >= 4 is 72.0 Å². The van der Waals surface area contributed by atoms with Gasteiger partial charge in [-0.25, -0.2) is 0 Å². The Balaban J connectivity index is 2.37. The Labute approximate surface area is 180 Å². The second kappa shape index (κ2) is 6.67. The van der Waals surface area contributed by atoms with E-state index in [4.69, 9.17) is 13.9 Å². The van der Waals surface area contributed by atoms with Gasteiger partial charge in [-0.05, 0) is 24.6 Å². The third kappa shape index (κ3) is 2.68. The van der Waals surface area contributed by atoms with Gasteiger partial charge in [0.05, 0.1) is 0 Å². The van der Waals surface area contributed by atoms with Crippen molar-refractivity contribution in [3.05, 3.63) is 8.96 Å². The first-order valence-corrected chi connectivity index (χ1v) is 14.0. The maximum Gasteiger partial charge on any atom is 0.208 e. The van der Waals surface area contributed by atoms with Crippen molar-refractivity contribution in [3.8, 4) is 0 Å². The second-order valence-electron chi connectivity index (χ2n) is 8.14. The Bertz CT molecular complexity index is 556. The van der Waals surface area contributed by atoms with E-state index in [9.17, 15) is 0 Å². The zero-order valence-corrected chi connectivity index (χ0v) is 22.6. The van der Waals surface area contributed by atoms with Gasteiger partial charge in [0.1, 0.15) is 8.65 Å². The normalized spacial score (nSPS) is 35.9. The Morgan fingerprint density at radius 2 is 1.58 bits per heavy atom. The summed E-state index contributed by atoms with van der Waals surface area (Å²) in [6, 6.07) is 0. The van der Waals surface area contributed by atoms with Gasteiger partial charge in [0.2, 0.25) is 5.79 Å². The number of hydrogen-bond acceptors (Lipinski definition) is 3.